The fraction of sp³-hybridized carbons (Fsp3) is 0.462. The predicted molar refractivity (Wildman–Crippen MR) is 69.5 cm³/mol. The maximum atomic E-state index is 12.1. The van der Waals surface area contributed by atoms with Crippen LogP contribution in [-0.2, 0) is 11.8 Å². The van der Waals surface area contributed by atoms with Gasteiger partial charge in [0.25, 0.3) is 5.91 Å². The average molecular weight is 263 g/mol. The Labute approximate surface area is 112 Å². The Kier molecular flexibility index (Phi) is 4.33. The molecule has 6 heteroatoms. The van der Waals surface area contributed by atoms with Gasteiger partial charge in [-0.05, 0) is 20.8 Å². The summed E-state index contributed by atoms with van der Waals surface area (Å²) in [7, 11) is 2.88. The number of nitrogens with zero attached hydrogens (tertiary/aromatic N) is 2. The van der Waals surface area contributed by atoms with Gasteiger partial charge in [0.1, 0.15) is 5.56 Å². The van der Waals surface area contributed by atoms with E-state index in [-0.39, 0.29) is 11.3 Å². The second kappa shape index (κ2) is 5.57. The van der Waals surface area contributed by atoms with E-state index < -0.39 is 17.4 Å². The molecule has 0 spiro atoms. The molecule has 102 valence electrons. The number of amides is 1. The largest absolute Gasteiger partial charge is 0.465 e. The summed E-state index contributed by atoms with van der Waals surface area (Å²) in [6.45, 7) is 5.22. The van der Waals surface area contributed by atoms with Gasteiger partial charge in [-0.2, -0.15) is 5.10 Å². The van der Waals surface area contributed by atoms with Gasteiger partial charge in [0.05, 0.1) is 12.6 Å². The monoisotopic (exact) mass is 263 g/mol. The normalized spacial score (nSPS) is 10.4. The summed E-state index contributed by atoms with van der Waals surface area (Å²) < 4.78 is 6.01. The van der Waals surface area contributed by atoms with Gasteiger partial charge < -0.3 is 10.1 Å². The van der Waals surface area contributed by atoms with Gasteiger partial charge in [0, 0.05) is 13.2 Å². The van der Waals surface area contributed by atoms with Crippen LogP contribution in [0.25, 0.3) is 0 Å². The van der Waals surface area contributed by atoms with Gasteiger partial charge in [-0.15, -0.1) is 5.92 Å². The SMILES string of the molecule is CC#CC(C)(C)NC(=O)c1nn(C)cc1C(=O)OC. The van der Waals surface area contributed by atoms with Crippen molar-refractivity contribution in [3.63, 3.8) is 0 Å². The smallest absolute Gasteiger partial charge is 0.341 e. The molecule has 0 aromatic carbocycles. The topological polar surface area (TPSA) is 73.2 Å². The molecule has 0 radical (unpaired) electrons. The van der Waals surface area contributed by atoms with Crippen LogP contribution in [0.5, 0.6) is 0 Å². The Morgan fingerprint density at radius 1 is 1.47 bits per heavy atom. The number of rotatable bonds is 3. The van der Waals surface area contributed by atoms with Gasteiger partial charge in [-0.25, -0.2) is 4.79 Å². The summed E-state index contributed by atoms with van der Waals surface area (Å²) in [5.41, 5.74) is -0.542. The number of methoxy groups -OCH3 is 1. The summed E-state index contributed by atoms with van der Waals surface area (Å²) in [4.78, 5) is 23.7. The highest BCUT2D eigenvalue weighted by Crippen LogP contribution is 2.10. The van der Waals surface area contributed by atoms with Crippen LogP contribution in [0.2, 0.25) is 0 Å². The first-order chi connectivity index (χ1) is 8.80. The van der Waals surface area contributed by atoms with Crippen molar-refractivity contribution in [2.45, 2.75) is 26.3 Å². The lowest BCUT2D eigenvalue weighted by molar-refractivity contribution is 0.0596. The molecule has 1 rings (SSSR count). The first kappa shape index (κ1) is 14.8. The number of hydrogen-bond acceptors (Lipinski definition) is 4. The summed E-state index contributed by atoms with van der Waals surface area (Å²) in [6, 6.07) is 0. The Morgan fingerprint density at radius 3 is 2.63 bits per heavy atom. The second-order valence-electron chi connectivity index (χ2n) is 4.51. The molecule has 1 heterocycles. The highest BCUT2D eigenvalue weighted by atomic mass is 16.5. The molecule has 0 atom stereocenters. The third-order valence-electron chi connectivity index (χ3n) is 2.31. The Hall–Kier alpha value is -2.29. The van der Waals surface area contributed by atoms with Gasteiger partial charge in [0.15, 0.2) is 5.69 Å². The predicted octanol–water partition coefficient (Wildman–Crippen LogP) is 0.738. The lowest BCUT2D eigenvalue weighted by Crippen LogP contribution is -2.42. The van der Waals surface area contributed by atoms with Crippen molar-refractivity contribution in [1.82, 2.24) is 15.1 Å². The molecule has 0 aliphatic carbocycles. The fourth-order valence-corrected chi connectivity index (χ4v) is 1.60. The molecule has 1 N–H and O–H groups in total. The number of aromatic nitrogens is 2. The molecule has 0 aliphatic heterocycles. The van der Waals surface area contributed by atoms with E-state index in [1.807, 2.05) is 0 Å². The van der Waals surface area contributed by atoms with E-state index >= 15 is 0 Å². The zero-order valence-corrected chi connectivity index (χ0v) is 11.7. The molecule has 1 amide bonds. The lowest BCUT2D eigenvalue weighted by atomic mass is 10.1. The van der Waals surface area contributed by atoms with Crippen molar-refractivity contribution in [2.24, 2.45) is 7.05 Å². The fourth-order valence-electron chi connectivity index (χ4n) is 1.60. The van der Waals surface area contributed by atoms with Gasteiger partial charge in [-0.1, -0.05) is 5.92 Å². The Balaban J connectivity index is 3.06. The van der Waals surface area contributed by atoms with E-state index in [1.54, 1.807) is 27.8 Å². The molecule has 0 fully saturated rings. The first-order valence-electron chi connectivity index (χ1n) is 5.69. The average Bonchev–Trinajstić information content (AvgIpc) is 2.69. The minimum absolute atomic E-state index is 0.0281. The zero-order chi connectivity index (χ0) is 14.6. The van der Waals surface area contributed by atoms with Crippen molar-refractivity contribution < 1.29 is 14.3 Å². The molecular formula is C13H17N3O3. The Bertz CT molecular complexity index is 561. The maximum absolute atomic E-state index is 12.1. The number of carbonyl (C=O) groups is 2. The molecule has 0 aliphatic rings. The van der Waals surface area contributed by atoms with Crippen molar-refractivity contribution in [3.05, 3.63) is 17.5 Å². The molecular weight excluding hydrogens is 246 g/mol. The van der Waals surface area contributed by atoms with Crippen molar-refractivity contribution in [3.8, 4) is 11.8 Å². The van der Waals surface area contributed by atoms with Crippen LogP contribution >= 0.6 is 0 Å². The molecule has 0 bridgehead atoms. The van der Waals surface area contributed by atoms with Crippen LogP contribution in [0, 0.1) is 11.8 Å². The third-order valence-corrected chi connectivity index (χ3v) is 2.31. The van der Waals surface area contributed by atoms with Crippen LogP contribution in [0.4, 0.5) is 0 Å². The summed E-state index contributed by atoms with van der Waals surface area (Å²) in [5, 5.41) is 6.69. The van der Waals surface area contributed by atoms with E-state index in [1.165, 1.54) is 18.0 Å². The molecule has 0 saturated carbocycles. The van der Waals surface area contributed by atoms with Gasteiger partial charge in [-0.3, -0.25) is 9.48 Å². The standard InChI is InChI=1S/C13H17N3O3/c1-6-7-13(2,3)14-11(17)10-9(12(18)19-5)8-16(4)15-10/h8H,1-5H3,(H,14,17). The van der Waals surface area contributed by atoms with Crippen molar-refractivity contribution >= 4 is 11.9 Å². The molecule has 1 aromatic heterocycles. The van der Waals surface area contributed by atoms with Crippen LogP contribution in [0.1, 0.15) is 41.6 Å². The number of ether oxygens (including phenoxy) is 1. The molecule has 6 nitrogen and oxygen atoms in total. The molecule has 0 unspecified atom stereocenters. The summed E-state index contributed by atoms with van der Waals surface area (Å²) in [6.07, 6.45) is 1.44. The zero-order valence-electron chi connectivity index (χ0n) is 11.7. The lowest BCUT2D eigenvalue weighted by Gasteiger charge is -2.19. The number of nitrogens with one attached hydrogen (secondary N) is 1. The van der Waals surface area contributed by atoms with E-state index in [4.69, 9.17) is 0 Å². The third kappa shape index (κ3) is 3.58. The highest BCUT2D eigenvalue weighted by Gasteiger charge is 2.26. The summed E-state index contributed by atoms with van der Waals surface area (Å²) >= 11 is 0. The minimum atomic E-state index is -0.698. The quantitative estimate of drug-likeness (QED) is 0.645. The van der Waals surface area contributed by atoms with Crippen molar-refractivity contribution in [2.75, 3.05) is 7.11 Å². The summed E-state index contributed by atoms with van der Waals surface area (Å²) in [5.74, 6) is 4.53. The van der Waals surface area contributed by atoms with E-state index in [0.29, 0.717) is 0 Å². The van der Waals surface area contributed by atoms with E-state index in [0.717, 1.165) is 0 Å². The molecule has 1 aromatic rings. The number of aryl methyl sites for hydroxylation is 1. The molecule has 19 heavy (non-hydrogen) atoms. The number of hydrogen-bond donors (Lipinski definition) is 1. The maximum Gasteiger partial charge on any atom is 0.341 e. The van der Waals surface area contributed by atoms with Gasteiger partial charge in [0.2, 0.25) is 0 Å². The second-order valence-corrected chi connectivity index (χ2v) is 4.51. The highest BCUT2D eigenvalue weighted by molar-refractivity contribution is 6.04. The Morgan fingerprint density at radius 2 is 2.11 bits per heavy atom. The van der Waals surface area contributed by atoms with Crippen LogP contribution in [0.3, 0.4) is 0 Å². The number of esters is 1. The number of carbonyl (C=O) groups excluding carboxylic acids is 2. The van der Waals surface area contributed by atoms with Gasteiger partial charge >= 0.3 is 5.97 Å². The van der Waals surface area contributed by atoms with Crippen LogP contribution in [-0.4, -0.2) is 34.3 Å². The minimum Gasteiger partial charge on any atom is -0.465 e. The van der Waals surface area contributed by atoms with Crippen LogP contribution < -0.4 is 5.32 Å². The van der Waals surface area contributed by atoms with E-state index in [9.17, 15) is 9.59 Å². The first-order valence-corrected chi connectivity index (χ1v) is 5.69. The van der Waals surface area contributed by atoms with Crippen LogP contribution in [0.15, 0.2) is 6.20 Å². The van der Waals surface area contributed by atoms with E-state index in [2.05, 4.69) is 27.0 Å². The van der Waals surface area contributed by atoms with Crippen molar-refractivity contribution in [1.29, 1.82) is 0 Å². The molecule has 0 saturated heterocycles.